The van der Waals surface area contributed by atoms with Crippen molar-refractivity contribution in [1.29, 1.82) is 0 Å². The third-order valence-corrected chi connectivity index (χ3v) is 2.83. The van der Waals surface area contributed by atoms with Crippen molar-refractivity contribution < 1.29 is 14.3 Å². The summed E-state index contributed by atoms with van der Waals surface area (Å²) in [5.41, 5.74) is 6.90. The summed E-state index contributed by atoms with van der Waals surface area (Å²) >= 11 is 0. The lowest BCUT2D eigenvalue weighted by molar-refractivity contribution is -0.128. The zero-order chi connectivity index (χ0) is 13.1. The molecule has 3 N–H and O–H groups in total. The van der Waals surface area contributed by atoms with Crippen LogP contribution in [0.3, 0.4) is 0 Å². The van der Waals surface area contributed by atoms with Crippen LogP contribution in [0.5, 0.6) is 0 Å². The van der Waals surface area contributed by atoms with Crippen molar-refractivity contribution in [3.8, 4) is 0 Å². The number of urea groups is 1. The molecule has 0 aromatic heterocycles. The monoisotopic (exact) mass is 249 g/mol. The van der Waals surface area contributed by atoms with E-state index in [1.165, 1.54) is 7.11 Å². The second-order valence-electron chi connectivity index (χ2n) is 3.96. The largest absolute Gasteiger partial charge is 0.370 e. The van der Waals surface area contributed by atoms with Crippen LogP contribution in [-0.2, 0) is 16.1 Å². The minimum Gasteiger partial charge on any atom is -0.370 e. The zero-order valence-corrected chi connectivity index (χ0v) is 10.1. The van der Waals surface area contributed by atoms with E-state index in [-0.39, 0.29) is 12.5 Å². The molecule has 1 aliphatic heterocycles. The summed E-state index contributed by atoms with van der Waals surface area (Å²) in [7, 11) is 1.44. The van der Waals surface area contributed by atoms with Crippen molar-refractivity contribution in [3.63, 3.8) is 0 Å². The van der Waals surface area contributed by atoms with Gasteiger partial charge in [-0.3, -0.25) is 4.79 Å². The molecule has 0 saturated carbocycles. The molecule has 1 aromatic rings. The Bertz CT molecular complexity index is 475. The summed E-state index contributed by atoms with van der Waals surface area (Å²) in [5.74, 6) is -0.365. The first-order chi connectivity index (χ1) is 8.67. The lowest BCUT2D eigenvalue weighted by Gasteiger charge is -2.30. The van der Waals surface area contributed by atoms with Gasteiger partial charge in [0.2, 0.25) is 0 Å². The number of carbonyl (C=O) groups is 2. The molecule has 1 aliphatic rings. The fourth-order valence-corrected chi connectivity index (χ4v) is 1.84. The zero-order valence-electron chi connectivity index (χ0n) is 10.1. The average Bonchev–Trinajstić information content (AvgIpc) is 2.39. The normalized spacial score (nSPS) is 19.9. The van der Waals surface area contributed by atoms with Gasteiger partial charge in [0.05, 0.1) is 12.2 Å². The maximum Gasteiger partial charge on any atom is 0.328 e. The maximum atomic E-state index is 12.1. The number of nitrogens with zero attached hydrogens (tertiary/aromatic N) is 1. The number of anilines is 1. The summed E-state index contributed by atoms with van der Waals surface area (Å²) in [4.78, 5) is 24.9. The molecule has 1 heterocycles. The van der Waals surface area contributed by atoms with Gasteiger partial charge in [-0.2, -0.15) is 0 Å². The number of benzene rings is 1. The first-order valence-electron chi connectivity index (χ1n) is 5.61. The number of carbonyl (C=O) groups excluding carboxylic acids is 2. The second-order valence-corrected chi connectivity index (χ2v) is 3.96. The molecule has 0 spiro atoms. The number of imide groups is 1. The van der Waals surface area contributed by atoms with Gasteiger partial charge in [-0.1, -0.05) is 12.1 Å². The molecule has 96 valence electrons. The third-order valence-electron chi connectivity index (χ3n) is 2.83. The van der Waals surface area contributed by atoms with Crippen LogP contribution < -0.4 is 16.0 Å². The standard InChI is InChI=1S/C12H15N3O3/c1-18-10-7-14-12(17)15(11(10)16)9-4-2-3-8(5-9)6-13/h2-5,10H,6-7,13H2,1H3,(H,14,17). The van der Waals surface area contributed by atoms with Crippen LogP contribution in [0.15, 0.2) is 24.3 Å². The van der Waals surface area contributed by atoms with Crippen LogP contribution in [-0.4, -0.2) is 31.7 Å². The molecule has 1 fully saturated rings. The highest BCUT2D eigenvalue weighted by atomic mass is 16.5. The highest BCUT2D eigenvalue weighted by molar-refractivity contribution is 6.17. The molecule has 1 aromatic carbocycles. The average molecular weight is 249 g/mol. The fraction of sp³-hybridized carbons (Fsp3) is 0.333. The van der Waals surface area contributed by atoms with Crippen LogP contribution in [0, 0.1) is 0 Å². The minimum atomic E-state index is -0.649. The molecular weight excluding hydrogens is 234 g/mol. The van der Waals surface area contributed by atoms with E-state index in [9.17, 15) is 9.59 Å². The second kappa shape index (κ2) is 5.16. The smallest absolute Gasteiger partial charge is 0.328 e. The summed E-state index contributed by atoms with van der Waals surface area (Å²) in [5, 5.41) is 2.61. The molecule has 0 bridgehead atoms. The molecule has 0 radical (unpaired) electrons. The number of nitrogens with one attached hydrogen (secondary N) is 1. The van der Waals surface area contributed by atoms with Gasteiger partial charge in [0, 0.05) is 13.7 Å². The van der Waals surface area contributed by atoms with E-state index >= 15 is 0 Å². The van der Waals surface area contributed by atoms with Crippen LogP contribution >= 0.6 is 0 Å². The van der Waals surface area contributed by atoms with Crippen LogP contribution in [0.1, 0.15) is 5.56 Å². The Morgan fingerprint density at radius 2 is 2.28 bits per heavy atom. The van der Waals surface area contributed by atoms with Crippen LogP contribution in [0.25, 0.3) is 0 Å². The van der Waals surface area contributed by atoms with Gasteiger partial charge in [0.1, 0.15) is 0 Å². The summed E-state index contributed by atoms with van der Waals surface area (Å²) in [6.45, 7) is 0.548. The molecule has 1 unspecified atom stereocenters. The number of methoxy groups -OCH3 is 1. The van der Waals surface area contributed by atoms with E-state index < -0.39 is 12.1 Å². The molecule has 6 nitrogen and oxygen atoms in total. The Hall–Kier alpha value is -1.92. The number of hydrogen-bond acceptors (Lipinski definition) is 4. The summed E-state index contributed by atoms with van der Waals surface area (Å²) < 4.78 is 5.03. The van der Waals surface area contributed by atoms with E-state index in [0.29, 0.717) is 12.2 Å². The molecule has 6 heteroatoms. The van der Waals surface area contributed by atoms with Gasteiger partial charge in [-0.25, -0.2) is 9.69 Å². The summed E-state index contributed by atoms with van der Waals surface area (Å²) in [6, 6.07) is 6.56. The van der Waals surface area contributed by atoms with Gasteiger partial charge in [0.25, 0.3) is 5.91 Å². The highest BCUT2D eigenvalue weighted by Gasteiger charge is 2.35. The molecular formula is C12H15N3O3. The molecule has 1 saturated heterocycles. The van der Waals surface area contributed by atoms with Gasteiger partial charge < -0.3 is 15.8 Å². The fourth-order valence-electron chi connectivity index (χ4n) is 1.84. The Morgan fingerprint density at radius 3 is 2.94 bits per heavy atom. The number of ether oxygens (including phenoxy) is 1. The first-order valence-corrected chi connectivity index (χ1v) is 5.61. The SMILES string of the molecule is COC1CNC(=O)N(c2cccc(CN)c2)C1=O. The molecule has 2 rings (SSSR count). The van der Waals surface area contributed by atoms with E-state index in [4.69, 9.17) is 10.5 Å². The van der Waals surface area contributed by atoms with Crippen molar-refractivity contribution in [2.45, 2.75) is 12.6 Å². The van der Waals surface area contributed by atoms with Gasteiger partial charge in [-0.15, -0.1) is 0 Å². The predicted octanol–water partition coefficient (Wildman–Crippen LogP) is 0.217. The van der Waals surface area contributed by atoms with Crippen molar-refractivity contribution in [1.82, 2.24) is 5.32 Å². The van der Waals surface area contributed by atoms with Crippen molar-refractivity contribution >= 4 is 17.6 Å². The number of hydrogen-bond donors (Lipinski definition) is 2. The predicted molar refractivity (Wildman–Crippen MR) is 66.0 cm³/mol. The summed E-state index contributed by atoms with van der Waals surface area (Å²) in [6.07, 6.45) is -0.649. The quantitative estimate of drug-likeness (QED) is 0.802. The maximum absolute atomic E-state index is 12.1. The Balaban J connectivity index is 2.33. The van der Waals surface area contributed by atoms with Crippen molar-refractivity contribution in [3.05, 3.63) is 29.8 Å². The lowest BCUT2D eigenvalue weighted by Crippen LogP contribution is -2.58. The topological polar surface area (TPSA) is 84.7 Å². The third kappa shape index (κ3) is 2.20. The Kier molecular flexibility index (Phi) is 3.59. The number of rotatable bonds is 3. The van der Waals surface area contributed by atoms with Crippen LogP contribution in [0.4, 0.5) is 10.5 Å². The van der Waals surface area contributed by atoms with Crippen molar-refractivity contribution in [2.24, 2.45) is 5.73 Å². The van der Waals surface area contributed by atoms with E-state index in [1.54, 1.807) is 18.2 Å². The highest BCUT2D eigenvalue weighted by Crippen LogP contribution is 2.19. The van der Waals surface area contributed by atoms with Crippen molar-refractivity contribution in [2.75, 3.05) is 18.6 Å². The van der Waals surface area contributed by atoms with Gasteiger partial charge >= 0.3 is 6.03 Å². The van der Waals surface area contributed by atoms with Gasteiger partial charge in [0.15, 0.2) is 6.10 Å². The Morgan fingerprint density at radius 1 is 1.50 bits per heavy atom. The van der Waals surface area contributed by atoms with E-state index in [2.05, 4.69) is 5.32 Å². The molecule has 3 amide bonds. The van der Waals surface area contributed by atoms with E-state index in [1.807, 2.05) is 6.07 Å². The lowest BCUT2D eigenvalue weighted by atomic mass is 10.1. The van der Waals surface area contributed by atoms with Gasteiger partial charge in [-0.05, 0) is 17.7 Å². The Labute approximate surface area is 105 Å². The number of nitrogens with two attached hydrogens (primary N) is 1. The van der Waals surface area contributed by atoms with E-state index in [0.717, 1.165) is 10.5 Å². The first kappa shape index (κ1) is 12.5. The van der Waals surface area contributed by atoms with Crippen LogP contribution in [0.2, 0.25) is 0 Å². The number of amides is 3. The molecule has 1 atom stereocenters. The minimum absolute atomic E-state index is 0.196. The molecule has 0 aliphatic carbocycles. The molecule has 18 heavy (non-hydrogen) atoms.